The van der Waals surface area contributed by atoms with Crippen LogP contribution >= 0.6 is 0 Å². The monoisotopic (exact) mass is 437 g/mol. The van der Waals surface area contributed by atoms with E-state index in [2.05, 4.69) is 20.3 Å². The fraction of sp³-hybridized carbons (Fsp3) is 0.261. The summed E-state index contributed by atoms with van der Waals surface area (Å²) in [5, 5.41) is 3.78. The van der Waals surface area contributed by atoms with Crippen LogP contribution in [-0.4, -0.2) is 40.8 Å². The van der Waals surface area contributed by atoms with Gasteiger partial charge in [0.25, 0.3) is 0 Å². The van der Waals surface area contributed by atoms with Gasteiger partial charge in [-0.2, -0.15) is 0 Å². The zero-order chi connectivity index (χ0) is 22.8. The molecule has 32 heavy (non-hydrogen) atoms. The number of methoxy groups -OCH3 is 3. The molecular weight excluding hydrogens is 413 g/mol. The predicted molar refractivity (Wildman–Crippen MR) is 120 cm³/mol. The van der Waals surface area contributed by atoms with Crippen molar-refractivity contribution in [2.75, 3.05) is 26.6 Å². The van der Waals surface area contributed by atoms with Crippen molar-refractivity contribution < 1.29 is 18.6 Å². The van der Waals surface area contributed by atoms with Gasteiger partial charge in [-0.05, 0) is 18.2 Å². The molecule has 0 aliphatic rings. The van der Waals surface area contributed by atoms with Crippen LogP contribution in [0.3, 0.4) is 0 Å². The van der Waals surface area contributed by atoms with E-state index in [1.807, 2.05) is 26.0 Å². The van der Waals surface area contributed by atoms with Crippen LogP contribution in [0.2, 0.25) is 0 Å². The third kappa shape index (κ3) is 4.01. The molecule has 0 bridgehead atoms. The summed E-state index contributed by atoms with van der Waals surface area (Å²) >= 11 is 0. The van der Waals surface area contributed by atoms with E-state index in [1.165, 1.54) is 12.1 Å². The Hall–Kier alpha value is -3.88. The predicted octanol–water partition coefficient (Wildman–Crippen LogP) is 4.85. The number of hydrogen-bond donors (Lipinski definition) is 1. The first-order valence-electron chi connectivity index (χ1n) is 10.0. The molecule has 0 aliphatic heterocycles. The first kappa shape index (κ1) is 21.4. The number of nitrogens with one attached hydrogen (secondary N) is 1. The van der Waals surface area contributed by atoms with E-state index in [-0.39, 0.29) is 11.7 Å². The van der Waals surface area contributed by atoms with Gasteiger partial charge in [-0.1, -0.05) is 13.8 Å². The second-order valence-corrected chi connectivity index (χ2v) is 7.42. The topological polar surface area (TPSA) is 83.3 Å². The number of anilines is 2. The van der Waals surface area contributed by atoms with Crippen molar-refractivity contribution in [1.29, 1.82) is 0 Å². The Morgan fingerprint density at radius 2 is 1.69 bits per heavy atom. The second-order valence-electron chi connectivity index (χ2n) is 7.42. The molecule has 0 saturated carbocycles. The molecule has 0 atom stereocenters. The van der Waals surface area contributed by atoms with E-state index >= 15 is 0 Å². The van der Waals surface area contributed by atoms with Gasteiger partial charge in [0.05, 0.1) is 38.7 Å². The van der Waals surface area contributed by atoms with Gasteiger partial charge in [0.15, 0.2) is 11.5 Å². The summed E-state index contributed by atoms with van der Waals surface area (Å²) in [7, 11) is 4.68. The standard InChI is InChI=1S/C23H24FN5O3/c1-13(2)22-26-17-7-6-14(24)8-16(17)23(28-22)27-20-11-29(12-25-20)15-9-18(30-3)21(32-5)19(10-15)31-4/h6-13H,1-5H3,(H,26,27,28). The molecule has 0 fully saturated rings. The van der Waals surface area contributed by atoms with E-state index in [0.717, 1.165) is 5.69 Å². The van der Waals surface area contributed by atoms with Gasteiger partial charge >= 0.3 is 0 Å². The van der Waals surface area contributed by atoms with Crippen LogP contribution in [0.15, 0.2) is 42.9 Å². The van der Waals surface area contributed by atoms with Crippen molar-refractivity contribution in [3.05, 3.63) is 54.5 Å². The molecule has 9 heteroatoms. The third-order valence-electron chi connectivity index (χ3n) is 4.97. The Balaban J connectivity index is 1.73. The van der Waals surface area contributed by atoms with E-state index in [1.54, 1.807) is 44.5 Å². The number of imidazole rings is 1. The first-order valence-corrected chi connectivity index (χ1v) is 10.0. The molecule has 1 N–H and O–H groups in total. The summed E-state index contributed by atoms with van der Waals surface area (Å²) in [5.41, 5.74) is 1.43. The summed E-state index contributed by atoms with van der Waals surface area (Å²) in [6.45, 7) is 4.02. The number of benzene rings is 2. The summed E-state index contributed by atoms with van der Waals surface area (Å²) in [6, 6.07) is 8.09. The first-order chi connectivity index (χ1) is 15.4. The van der Waals surface area contributed by atoms with Crippen molar-refractivity contribution in [3.63, 3.8) is 0 Å². The Morgan fingerprint density at radius 3 is 2.31 bits per heavy atom. The van der Waals surface area contributed by atoms with Crippen LogP contribution in [0.5, 0.6) is 17.2 Å². The average molecular weight is 437 g/mol. The lowest BCUT2D eigenvalue weighted by molar-refractivity contribution is 0.324. The largest absolute Gasteiger partial charge is 0.493 e. The quantitative estimate of drug-likeness (QED) is 0.443. The molecule has 4 aromatic rings. The molecule has 2 aromatic carbocycles. The average Bonchev–Trinajstić information content (AvgIpc) is 3.26. The summed E-state index contributed by atoms with van der Waals surface area (Å²) in [4.78, 5) is 13.6. The maximum Gasteiger partial charge on any atom is 0.203 e. The maximum atomic E-state index is 13.9. The van der Waals surface area contributed by atoms with Crippen LogP contribution in [0.25, 0.3) is 16.6 Å². The highest BCUT2D eigenvalue weighted by Gasteiger charge is 2.16. The highest BCUT2D eigenvalue weighted by atomic mass is 19.1. The van der Waals surface area contributed by atoms with Gasteiger partial charge in [-0.3, -0.25) is 0 Å². The number of rotatable bonds is 7. The van der Waals surface area contributed by atoms with Gasteiger partial charge in [0.2, 0.25) is 5.75 Å². The number of nitrogens with zero attached hydrogens (tertiary/aromatic N) is 4. The van der Waals surface area contributed by atoms with E-state index in [4.69, 9.17) is 14.2 Å². The van der Waals surface area contributed by atoms with Gasteiger partial charge in [-0.15, -0.1) is 0 Å². The molecule has 8 nitrogen and oxygen atoms in total. The molecular formula is C23H24FN5O3. The lowest BCUT2D eigenvalue weighted by Gasteiger charge is -2.14. The fourth-order valence-electron chi connectivity index (χ4n) is 3.34. The third-order valence-corrected chi connectivity index (χ3v) is 4.97. The molecule has 0 radical (unpaired) electrons. The van der Waals surface area contributed by atoms with E-state index < -0.39 is 0 Å². The molecule has 0 aliphatic carbocycles. The lowest BCUT2D eigenvalue weighted by atomic mass is 10.1. The van der Waals surface area contributed by atoms with Crippen LogP contribution in [0, 0.1) is 5.82 Å². The van der Waals surface area contributed by atoms with Gasteiger partial charge in [0, 0.05) is 23.4 Å². The maximum absolute atomic E-state index is 13.9. The lowest BCUT2D eigenvalue weighted by Crippen LogP contribution is -2.03. The van der Waals surface area contributed by atoms with Gasteiger partial charge < -0.3 is 24.1 Å². The molecule has 0 unspecified atom stereocenters. The SMILES string of the molecule is COc1cc(-n2cnc(Nc3nc(C(C)C)nc4ccc(F)cc34)c2)cc(OC)c1OC. The Kier molecular flexibility index (Phi) is 5.81. The fourth-order valence-corrected chi connectivity index (χ4v) is 3.34. The van der Waals surface area contributed by atoms with Crippen LogP contribution in [0.4, 0.5) is 16.0 Å². The smallest absolute Gasteiger partial charge is 0.203 e. The minimum atomic E-state index is -0.357. The Bertz CT molecular complexity index is 1250. The molecule has 0 amide bonds. The molecule has 166 valence electrons. The van der Waals surface area contributed by atoms with Crippen LogP contribution in [0.1, 0.15) is 25.6 Å². The van der Waals surface area contributed by atoms with Crippen molar-refractivity contribution in [3.8, 4) is 22.9 Å². The summed E-state index contributed by atoms with van der Waals surface area (Å²) in [6.07, 6.45) is 3.44. The van der Waals surface area contributed by atoms with Crippen molar-refractivity contribution >= 4 is 22.5 Å². The highest BCUT2D eigenvalue weighted by Crippen LogP contribution is 2.39. The number of fused-ring (bicyclic) bond motifs is 1. The number of halogens is 1. The van der Waals surface area contributed by atoms with Crippen molar-refractivity contribution in [2.45, 2.75) is 19.8 Å². The minimum absolute atomic E-state index is 0.113. The molecule has 0 saturated heterocycles. The number of aromatic nitrogens is 4. The van der Waals surface area contributed by atoms with Crippen LogP contribution in [-0.2, 0) is 0 Å². The second kappa shape index (κ2) is 8.70. The van der Waals surface area contributed by atoms with Crippen molar-refractivity contribution in [1.82, 2.24) is 19.5 Å². The van der Waals surface area contributed by atoms with E-state index in [9.17, 15) is 4.39 Å². The molecule has 0 spiro atoms. The molecule has 2 heterocycles. The minimum Gasteiger partial charge on any atom is -0.493 e. The Morgan fingerprint density at radius 1 is 0.969 bits per heavy atom. The van der Waals surface area contributed by atoms with Crippen LogP contribution < -0.4 is 19.5 Å². The highest BCUT2D eigenvalue weighted by molar-refractivity contribution is 5.90. The van der Waals surface area contributed by atoms with Gasteiger partial charge in [0.1, 0.15) is 29.6 Å². The summed E-state index contributed by atoms with van der Waals surface area (Å²) < 4.78 is 32.0. The number of ether oxygens (including phenoxy) is 3. The van der Waals surface area contributed by atoms with Gasteiger partial charge in [-0.25, -0.2) is 19.3 Å². The number of hydrogen-bond acceptors (Lipinski definition) is 7. The van der Waals surface area contributed by atoms with Crippen molar-refractivity contribution in [2.24, 2.45) is 0 Å². The molecule has 4 rings (SSSR count). The van der Waals surface area contributed by atoms with E-state index in [0.29, 0.717) is 45.6 Å². The molecule has 2 aromatic heterocycles. The normalized spacial score (nSPS) is 11.1. The zero-order valence-electron chi connectivity index (χ0n) is 18.5. The summed E-state index contributed by atoms with van der Waals surface area (Å²) in [5.74, 6) is 3.02. The Labute approximate surface area is 185 Å². The zero-order valence-corrected chi connectivity index (χ0v) is 18.5.